The van der Waals surface area contributed by atoms with Gasteiger partial charge in [0, 0.05) is 5.02 Å². The molecule has 4 nitrogen and oxygen atoms in total. The highest BCUT2D eigenvalue weighted by Crippen LogP contribution is 2.31. The number of anilines is 1. The van der Waals surface area contributed by atoms with E-state index in [-0.39, 0.29) is 4.90 Å². The van der Waals surface area contributed by atoms with E-state index in [1.165, 1.54) is 23.5 Å². The van der Waals surface area contributed by atoms with Crippen molar-refractivity contribution in [3.05, 3.63) is 52.5 Å². The maximum atomic E-state index is 12.4. The van der Waals surface area contributed by atoms with E-state index >= 15 is 0 Å². The summed E-state index contributed by atoms with van der Waals surface area (Å²) in [6.07, 6.45) is 0. The van der Waals surface area contributed by atoms with Gasteiger partial charge in [-0.2, -0.15) is 0 Å². The number of halogens is 1. The summed E-state index contributed by atoms with van der Waals surface area (Å²) in [6.45, 7) is 3.98. The number of nitrogens with one attached hydrogen (secondary N) is 1. The second-order valence-electron chi connectivity index (χ2n) is 5.01. The minimum Gasteiger partial charge on any atom is -0.255 e. The molecule has 0 fully saturated rings. The zero-order chi connectivity index (χ0) is 15.9. The summed E-state index contributed by atoms with van der Waals surface area (Å²) in [7, 11) is -3.66. The fourth-order valence-electron chi connectivity index (χ4n) is 2.21. The molecule has 0 aliphatic rings. The van der Waals surface area contributed by atoms with Gasteiger partial charge in [0.2, 0.25) is 0 Å². The molecule has 0 bridgehead atoms. The Labute approximate surface area is 137 Å². The third kappa shape index (κ3) is 2.95. The molecule has 0 radical (unpaired) electrons. The van der Waals surface area contributed by atoms with Crippen LogP contribution < -0.4 is 4.72 Å². The molecule has 22 heavy (non-hydrogen) atoms. The lowest BCUT2D eigenvalue weighted by Gasteiger charge is -2.04. The number of sulfonamides is 1. The second kappa shape index (κ2) is 5.53. The van der Waals surface area contributed by atoms with Crippen LogP contribution in [0.25, 0.3) is 10.2 Å². The first-order valence-electron chi connectivity index (χ1n) is 6.51. The molecule has 1 aromatic heterocycles. The lowest BCUT2D eigenvalue weighted by molar-refractivity contribution is 0.601. The third-order valence-electron chi connectivity index (χ3n) is 3.17. The third-order valence-corrected chi connectivity index (χ3v) is 6.02. The SMILES string of the molecule is Cc1cc(C)c2sc(NS(=O)(=O)c3ccc(Cl)cc3)nc2c1. The maximum Gasteiger partial charge on any atom is 0.263 e. The fraction of sp³-hybridized carbons (Fsp3) is 0.133. The highest BCUT2D eigenvalue weighted by atomic mass is 35.5. The zero-order valence-corrected chi connectivity index (χ0v) is 14.3. The fourth-order valence-corrected chi connectivity index (χ4v) is 4.48. The van der Waals surface area contributed by atoms with Crippen molar-refractivity contribution in [1.29, 1.82) is 0 Å². The number of fused-ring (bicyclic) bond motifs is 1. The normalized spacial score (nSPS) is 11.8. The summed E-state index contributed by atoms with van der Waals surface area (Å²) < 4.78 is 28.2. The van der Waals surface area contributed by atoms with Crippen molar-refractivity contribution in [2.75, 3.05) is 4.72 Å². The van der Waals surface area contributed by atoms with Crippen LogP contribution in [-0.4, -0.2) is 13.4 Å². The van der Waals surface area contributed by atoms with Crippen molar-refractivity contribution in [3.8, 4) is 0 Å². The molecule has 3 aromatic rings. The Morgan fingerprint density at radius 1 is 1.14 bits per heavy atom. The zero-order valence-electron chi connectivity index (χ0n) is 11.9. The van der Waals surface area contributed by atoms with Crippen LogP contribution in [0.3, 0.4) is 0 Å². The highest BCUT2D eigenvalue weighted by molar-refractivity contribution is 7.93. The van der Waals surface area contributed by atoms with E-state index < -0.39 is 10.0 Å². The van der Waals surface area contributed by atoms with Gasteiger partial charge >= 0.3 is 0 Å². The Kier molecular flexibility index (Phi) is 3.84. The van der Waals surface area contributed by atoms with Gasteiger partial charge in [-0.1, -0.05) is 29.0 Å². The van der Waals surface area contributed by atoms with Crippen LogP contribution in [0.5, 0.6) is 0 Å². The number of rotatable bonds is 3. The number of thiazole rings is 1. The number of hydrogen-bond acceptors (Lipinski definition) is 4. The quantitative estimate of drug-likeness (QED) is 0.761. The Bertz CT molecular complexity index is 948. The Hall–Kier alpha value is -1.63. The van der Waals surface area contributed by atoms with Crippen LogP contribution in [0.1, 0.15) is 11.1 Å². The number of benzene rings is 2. The number of nitrogens with zero attached hydrogens (tertiary/aromatic N) is 1. The minimum absolute atomic E-state index is 0.157. The molecular formula is C15H13ClN2O2S2. The average molecular weight is 353 g/mol. The molecule has 7 heteroatoms. The second-order valence-corrected chi connectivity index (χ2v) is 8.13. The van der Waals surface area contributed by atoms with Crippen molar-refractivity contribution in [3.63, 3.8) is 0 Å². The summed E-state index contributed by atoms with van der Waals surface area (Å²) in [6, 6.07) is 10.0. The first-order chi connectivity index (χ1) is 10.3. The molecule has 1 N–H and O–H groups in total. The summed E-state index contributed by atoms with van der Waals surface area (Å²) in [4.78, 5) is 4.52. The van der Waals surface area contributed by atoms with Crippen LogP contribution in [0.15, 0.2) is 41.3 Å². The Morgan fingerprint density at radius 2 is 1.82 bits per heavy atom. The van der Waals surface area contributed by atoms with E-state index in [9.17, 15) is 8.42 Å². The molecule has 0 saturated heterocycles. The molecule has 1 heterocycles. The maximum absolute atomic E-state index is 12.4. The van der Waals surface area contributed by atoms with Gasteiger partial charge in [0.1, 0.15) is 0 Å². The number of hydrogen-bond donors (Lipinski definition) is 1. The monoisotopic (exact) mass is 352 g/mol. The Morgan fingerprint density at radius 3 is 2.50 bits per heavy atom. The van der Waals surface area contributed by atoms with Crippen LogP contribution >= 0.6 is 22.9 Å². The highest BCUT2D eigenvalue weighted by Gasteiger charge is 2.17. The van der Waals surface area contributed by atoms with Crippen molar-refractivity contribution < 1.29 is 8.42 Å². The summed E-state index contributed by atoms with van der Waals surface area (Å²) in [5.74, 6) is 0. The van der Waals surface area contributed by atoms with Gasteiger partial charge in [0.25, 0.3) is 10.0 Å². The van der Waals surface area contributed by atoms with Crippen LogP contribution in [0.2, 0.25) is 5.02 Å². The summed E-state index contributed by atoms with van der Waals surface area (Å²) in [5.41, 5.74) is 2.99. The van der Waals surface area contributed by atoms with E-state index in [1.54, 1.807) is 12.1 Å². The molecular weight excluding hydrogens is 340 g/mol. The standard InChI is InChI=1S/C15H13ClN2O2S2/c1-9-7-10(2)14-13(8-9)17-15(21-14)18-22(19,20)12-5-3-11(16)4-6-12/h3-8H,1-2H3,(H,17,18). The Balaban J connectivity index is 1.98. The molecule has 0 unspecified atom stereocenters. The van der Waals surface area contributed by atoms with Crippen molar-refractivity contribution in [1.82, 2.24) is 4.98 Å². The molecule has 0 atom stereocenters. The lowest BCUT2D eigenvalue weighted by Crippen LogP contribution is -2.12. The van der Waals surface area contributed by atoms with Crippen molar-refractivity contribution in [2.24, 2.45) is 0 Å². The van der Waals surface area contributed by atoms with Gasteiger partial charge in [-0.3, -0.25) is 4.72 Å². The average Bonchev–Trinajstić information content (AvgIpc) is 2.81. The molecule has 2 aromatic carbocycles. The van der Waals surface area contributed by atoms with Gasteiger partial charge in [0.05, 0.1) is 15.1 Å². The van der Waals surface area contributed by atoms with Crippen LogP contribution in [0, 0.1) is 13.8 Å². The lowest BCUT2D eigenvalue weighted by atomic mass is 10.1. The van der Waals surface area contributed by atoms with Crippen LogP contribution in [0.4, 0.5) is 5.13 Å². The van der Waals surface area contributed by atoms with E-state index in [4.69, 9.17) is 11.6 Å². The van der Waals surface area contributed by atoms with Gasteiger partial charge in [-0.05, 0) is 55.3 Å². The van der Waals surface area contributed by atoms with E-state index in [0.29, 0.717) is 10.2 Å². The van der Waals surface area contributed by atoms with Crippen molar-refractivity contribution >= 4 is 48.3 Å². The summed E-state index contributed by atoms with van der Waals surface area (Å²) in [5, 5.41) is 0.851. The summed E-state index contributed by atoms with van der Waals surface area (Å²) >= 11 is 7.11. The van der Waals surface area contributed by atoms with E-state index in [2.05, 4.69) is 15.8 Å². The topological polar surface area (TPSA) is 59.1 Å². The molecule has 0 aliphatic heterocycles. The molecule has 0 saturated carbocycles. The van der Waals surface area contributed by atoms with Gasteiger partial charge in [-0.15, -0.1) is 0 Å². The van der Waals surface area contributed by atoms with Gasteiger partial charge in [0.15, 0.2) is 5.13 Å². The van der Waals surface area contributed by atoms with Gasteiger partial charge in [-0.25, -0.2) is 13.4 Å². The molecule has 114 valence electrons. The largest absolute Gasteiger partial charge is 0.263 e. The molecule has 3 rings (SSSR count). The first kappa shape index (κ1) is 15.3. The van der Waals surface area contributed by atoms with Gasteiger partial charge < -0.3 is 0 Å². The minimum atomic E-state index is -3.66. The molecule has 0 spiro atoms. The van der Waals surface area contributed by atoms with E-state index in [1.807, 2.05) is 19.9 Å². The molecule has 0 amide bonds. The number of aryl methyl sites for hydroxylation is 2. The predicted molar refractivity (Wildman–Crippen MR) is 91.4 cm³/mol. The smallest absolute Gasteiger partial charge is 0.255 e. The molecule has 0 aliphatic carbocycles. The number of aromatic nitrogens is 1. The predicted octanol–water partition coefficient (Wildman–Crippen LogP) is 4.37. The van der Waals surface area contributed by atoms with Crippen molar-refractivity contribution in [2.45, 2.75) is 18.7 Å². The first-order valence-corrected chi connectivity index (χ1v) is 9.19. The van der Waals surface area contributed by atoms with Crippen LogP contribution in [-0.2, 0) is 10.0 Å². The van der Waals surface area contributed by atoms with E-state index in [0.717, 1.165) is 21.3 Å².